The van der Waals surface area contributed by atoms with E-state index in [1.54, 1.807) is 24.5 Å². The van der Waals surface area contributed by atoms with E-state index in [1.165, 1.54) is 29.2 Å². The molecule has 0 radical (unpaired) electrons. The molecule has 3 heterocycles. The quantitative estimate of drug-likeness (QED) is 0.614. The molecule has 31 heavy (non-hydrogen) atoms. The number of pyridine rings is 1. The summed E-state index contributed by atoms with van der Waals surface area (Å²) in [5.41, 5.74) is 1.32. The van der Waals surface area contributed by atoms with Gasteiger partial charge in [0.05, 0.1) is 11.6 Å². The fourth-order valence-electron chi connectivity index (χ4n) is 3.35. The molecule has 0 aliphatic carbocycles. The number of hydrogen-bond donors (Lipinski definition) is 1. The normalized spacial score (nSPS) is 16.5. The van der Waals surface area contributed by atoms with Gasteiger partial charge >= 0.3 is 0 Å². The number of likely N-dealkylation sites (tertiary alicyclic amines) is 1. The van der Waals surface area contributed by atoms with E-state index < -0.39 is 27.8 Å². The molecule has 1 saturated heterocycles. The van der Waals surface area contributed by atoms with Crippen molar-refractivity contribution < 1.29 is 17.6 Å². The fraction of sp³-hybridized carbons (Fsp3) is 0.190. The van der Waals surface area contributed by atoms with E-state index >= 15 is 0 Å². The molecule has 1 amide bonds. The average molecular weight is 457 g/mol. The van der Waals surface area contributed by atoms with Crippen molar-refractivity contribution in [2.75, 3.05) is 6.54 Å². The molecule has 2 aromatic heterocycles. The van der Waals surface area contributed by atoms with Crippen LogP contribution in [0, 0.1) is 17.1 Å². The fourth-order valence-corrected chi connectivity index (χ4v) is 5.89. The Labute approximate surface area is 182 Å². The summed E-state index contributed by atoms with van der Waals surface area (Å²) >= 11 is 1.09. The second kappa shape index (κ2) is 8.55. The van der Waals surface area contributed by atoms with Gasteiger partial charge in [0.1, 0.15) is 16.1 Å². The Bertz CT molecular complexity index is 1270. The van der Waals surface area contributed by atoms with Gasteiger partial charge in [-0.05, 0) is 42.8 Å². The monoisotopic (exact) mass is 456 g/mol. The van der Waals surface area contributed by atoms with Gasteiger partial charge in [0.25, 0.3) is 10.0 Å². The lowest BCUT2D eigenvalue weighted by molar-refractivity contribution is -0.129. The van der Waals surface area contributed by atoms with Crippen molar-refractivity contribution in [3.05, 3.63) is 71.8 Å². The minimum Gasteiger partial charge on any atom is -0.337 e. The van der Waals surface area contributed by atoms with Crippen LogP contribution < -0.4 is 4.72 Å². The van der Waals surface area contributed by atoms with E-state index in [-0.39, 0.29) is 29.3 Å². The second-order valence-electron chi connectivity index (χ2n) is 7.00. The number of nitrogens with zero attached hydrogens (tertiary/aromatic N) is 3. The van der Waals surface area contributed by atoms with Gasteiger partial charge in [-0.2, -0.15) is 9.98 Å². The lowest BCUT2D eigenvalue weighted by Gasteiger charge is -2.17. The van der Waals surface area contributed by atoms with Crippen molar-refractivity contribution in [2.45, 2.75) is 23.2 Å². The molecule has 0 bridgehead atoms. The number of amides is 1. The number of benzene rings is 1. The van der Waals surface area contributed by atoms with Gasteiger partial charge in [0.2, 0.25) is 5.91 Å². The molecule has 0 unspecified atom stereocenters. The highest BCUT2D eigenvalue weighted by Gasteiger charge is 2.35. The Kier molecular flexibility index (Phi) is 5.82. The van der Waals surface area contributed by atoms with E-state index in [4.69, 9.17) is 5.26 Å². The van der Waals surface area contributed by atoms with Crippen LogP contribution >= 0.6 is 11.3 Å². The Balaban J connectivity index is 1.46. The van der Waals surface area contributed by atoms with Gasteiger partial charge in [0.15, 0.2) is 0 Å². The molecule has 1 aliphatic rings. The first kappa shape index (κ1) is 21.1. The first-order valence-corrected chi connectivity index (χ1v) is 11.7. The van der Waals surface area contributed by atoms with Gasteiger partial charge in [-0.15, -0.1) is 11.3 Å². The Morgan fingerprint density at radius 2 is 2.13 bits per heavy atom. The number of hydrogen-bond acceptors (Lipinski definition) is 6. The summed E-state index contributed by atoms with van der Waals surface area (Å²) in [7, 11) is -3.90. The van der Waals surface area contributed by atoms with Gasteiger partial charge in [-0.1, -0.05) is 6.07 Å². The Morgan fingerprint density at radius 1 is 1.29 bits per heavy atom. The van der Waals surface area contributed by atoms with Crippen LogP contribution in [0.25, 0.3) is 10.4 Å². The highest BCUT2D eigenvalue weighted by atomic mass is 32.2. The summed E-state index contributed by atoms with van der Waals surface area (Å²) in [4.78, 5) is 18.9. The van der Waals surface area contributed by atoms with Crippen LogP contribution in [0.2, 0.25) is 0 Å². The van der Waals surface area contributed by atoms with E-state index in [2.05, 4.69) is 9.71 Å². The van der Waals surface area contributed by atoms with E-state index in [1.807, 2.05) is 12.1 Å². The van der Waals surface area contributed by atoms with Crippen LogP contribution in [-0.2, 0) is 21.4 Å². The molecule has 1 aliphatic heterocycles. The zero-order valence-electron chi connectivity index (χ0n) is 16.2. The zero-order valence-corrected chi connectivity index (χ0v) is 17.8. The van der Waals surface area contributed by atoms with Gasteiger partial charge in [-0.3, -0.25) is 9.78 Å². The number of carbonyl (C=O) groups excluding carboxylic acids is 1. The van der Waals surface area contributed by atoms with Crippen LogP contribution in [0.3, 0.4) is 0 Å². The van der Waals surface area contributed by atoms with Gasteiger partial charge in [-0.25, -0.2) is 12.8 Å². The number of aromatic nitrogens is 1. The summed E-state index contributed by atoms with van der Waals surface area (Å²) in [5, 5.41) is 8.99. The maximum Gasteiger partial charge on any atom is 0.250 e. The van der Waals surface area contributed by atoms with E-state index in [0.29, 0.717) is 5.56 Å². The zero-order chi connectivity index (χ0) is 22.0. The third kappa shape index (κ3) is 4.49. The number of thiophene rings is 1. The number of halogens is 1. The molecule has 7 nitrogen and oxygen atoms in total. The van der Waals surface area contributed by atoms with Crippen LogP contribution in [-0.4, -0.2) is 36.8 Å². The first-order valence-electron chi connectivity index (χ1n) is 9.37. The number of carbonyl (C=O) groups is 1. The van der Waals surface area contributed by atoms with Crippen LogP contribution in [0.4, 0.5) is 4.39 Å². The minimum absolute atomic E-state index is 0.0252. The van der Waals surface area contributed by atoms with Gasteiger partial charge < -0.3 is 4.90 Å². The lowest BCUT2D eigenvalue weighted by Crippen LogP contribution is -2.41. The molecule has 158 valence electrons. The van der Waals surface area contributed by atoms with E-state index in [9.17, 15) is 17.6 Å². The lowest BCUT2D eigenvalue weighted by atomic mass is 10.1. The van der Waals surface area contributed by atoms with E-state index in [0.717, 1.165) is 21.8 Å². The number of nitrogens with one attached hydrogen (secondary N) is 1. The molecule has 0 saturated carbocycles. The molecule has 1 N–H and O–H groups in total. The maximum absolute atomic E-state index is 14.1. The smallest absolute Gasteiger partial charge is 0.250 e. The summed E-state index contributed by atoms with van der Waals surface area (Å²) in [6, 6.07) is 11.8. The van der Waals surface area contributed by atoms with Crippen molar-refractivity contribution in [1.82, 2.24) is 14.6 Å². The van der Waals surface area contributed by atoms with Crippen LogP contribution in [0.1, 0.15) is 17.5 Å². The van der Waals surface area contributed by atoms with Crippen molar-refractivity contribution in [3.63, 3.8) is 0 Å². The molecule has 4 rings (SSSR count). The highest BCUT2D eigenvalue weighted by Crippen LogP contribution is 2.30. The maximum atomic E-state index is 14.1. The number of rotatable bonds is 6. The SMILES string of the molecule is N#Cc1ccc(F)c(CN2CC[C@H](NS(=O)(=O)c3ccc(-c4cccnc4)s3)C2=O)c1. The largest absolute Gasteiger partial charge is 0.337 e. The summed E-state index contributed by atoms with van der Waals surface area (Å²) in [6.07, 6.45) is 3.56. The number of nitriles is 1. The second-order valence-corrected chi connectivity index (χ2v) is 10.0. The average Bonchev–Trinajstić information content (AvgIpc) is 3.39. The Hall–Kier alpha value is -3.13. The first-order chi connectivity index (χ1) is 14.9. The molecule has 1 atom stereocenters. The third-order valence-corrected chi connectivity index (χ3v) is 8.02. The van der Waals surface area contributed by atoms with Crippen LogP contribution in [0.15, 0.2) is 59.1 Å². The molecule has 0 spiro atoms. The van der Waals surface area contributed by atoms with Crippen molar-refractivity contribution >= 4 is 27.3 Å². The molecule has 1 aromatic carbocycles. The van der Waals surface area contributed by atoms with Crippen molar-refractivity contribution in [1.29, 1.82) is 5.26 Å². The summed E-state index contributed by atoms with van der Waals surface area (Å²) < 4.78 is 42.2. The molecule has 3 aromatic rings. The minimum atomic E-state index is -3.90. The van der Waals surface area contributed by atoms with Gasteiger partial charge in [0, 0.05) is 41.5 Å². The summed E-state index contributed by atoms with van der Waals surface area (Å²) in [5.74, 6) is -0.938. The topological polar surface area (TPSA) is 103 Å². The molecule has 1 fully saturated rings. The number of sulfonamides is 1. The van der Waals surface area contributed by atoms with Crippen molar-refractivity contribution in [2.24, 2.45) is 0 Å². The van der Waals surface area contributed by atoms with Crippen molar-refractivity contribution in [3.8, 4) is 16.5 Å². The molecular formula is C21H17FN4O3S2. The van der Waals surface area contributed by atoms with Crippen LogP contribution in [0.5, 0.6) is 0 Å². The molecular weight excluding hydrogens is 439 g/mol. The molecule has 10 heteroatoms. The predicted octanol–water partition coefficient (Wildman–Crippen LogP) is 2.90. The Morgan fingerprint density at radius 3 is 2.87 bits per heavy atom. The third-order valence-electron chi connectivity index (χ3n) is 4.92. The standard InChI is InChI=1S/C21H17FN4O3S2/c22-17-4-3-14(11-23)10-16(17)13-26-9-7-18(21(26)27)25-31(28,29)20-6-5-19(30-20)15-2-1-8-24-12-15/h1-6,8,10,12,18,25H,7,9,13H2/t18-/m0/s1. The highest BCUT2D eigenvalue weighted by molar-refractivity contribution is 7.91. The predicted molar refractivity (Wildman–Crippen MR) is 113 cm³/mol. The summed E-state index contributed by atoms with van der Waals surface area (Å²) in [6.45, 7) is 0.260.